The van der Waals surface area contributed by atoms with Gasteiger partial charge in [0, 0.05) is 17.7 Å². The van der Waals surface area contributed by atoms with Gasteiger partial charge in [-0.1, -0.05) is 48.5 Å². The van der Waals surface area contributed by atoms with Crippen LogP contribution in [-0.4, -0.2) is 30.5 Å². The van der Waals surface area contributed by atoms with E-state index in [2.05, 4.69) is 19.7 Å². The van der Waals surface area contributed by atoms with Crippen molar-refractivity contribution in [2.24, 2.45) is 0 Å². The van der Waals surface area contributed by atoms with E-state index in [4.69, 9.17) is 9.47 Å². The fourth-order valence-corrected chi connectivity index (χ4v) is 3.60. The van der Waals surface area contributed by atoms with E-state index in [1.165, 1.54) is 25.4 Å². The summed E-state index contributed by atoms with van der Waals surface area (Å²) in [6.07, 6.45) is 1.20. The molecule has 0 spiro atoms. The number of aromatic nitrogens is 3. The van der Waals surface area contributed by atoms with Gasteiger partial charge in [-0.3, -0.25) is 0 Å². The molecule has 9 heteroatoms. The number of hydrogen-bond acceptors (Lipinski definition) is 7. The van der Waals surface area contributed by atoms with Crippen LogP contribution in [-0.2, 0) is 10.0 Å². The average molecular weight is 434 g/mol. The van der Waals surface area contributed by atoms with Crippen molar-refractivity contribution in [1.82, 2.24) is 15.0 Å². The summed E-state index contributed by atoms with van der Waals surface area (Å²) in [5.41, 5.74) is 1.29. The van der Waals surface area contributed by atoms with Crippen LogP contribution in [0.3, 0.4) is 0 Å². The molecular formula is C22H18N4O4S. The zero-order valence-corrected chi connectivity index (χ0v) is 17.3. The summed E-state index contributed by atoms with van der Waals surface area (Å²) in [5, 5.41) is 0. The quantitative estimate of drug-likeness (QED) is 0.466. The first-order chi connectivity index (χ1) is 15.0. The van der Waals surface area contributed by atoms with Crippen molar-refractivity contribution in [3.8, 4) is 28.8 Å². The minimum absolute atomic E-state index is 0.0486. The number of methoxy groups -OCH3 is 1. The van der Waals surface area contributed by atoms with Crippen LogP contribution in [0.2, 0.25) is 0 Å². The second-order valence-corrected chi connectivity index (χ2v) is 8.02. The third-order valence-electron chi connectivity index (χ3n) is 4.19. The molecule has 2 aromatic carbocycles. The van der Waals surface area contributed by atoms with Gasteiger partial charge in [0.15, 0.2) is 0 Å². The van der Waals surface area contributed by atoms with Gasteiger partial charge in [0.2, 0.25) is 17.7 Å². The Hall–Kier alpha value is -3.98. The summed E-state index contributed by atoms with van der Waals surface area (Å²) in [4.78, 5) is 12.5. The van der Waals surface area contributed by atoms with E-state index in [9.17, 15) is 8.42 Å². The van der Waals surface area contributed by atoms with E-state index in [0.717, 1.165) is 5.56 Å². The van der Waals surface area contributed by atoms with Gasteiger partial charge in [0.05, 0.1) is 19.0 Å². The van der Waals surface area contributed by atoms with Crippen molar-refractivity contribution < 1.29 is 17.9 Å². The third kappa shape index (κ3) is 4.96. The number of sulfonamides is 1. The Morgan fingerprint density at radius 2 is 1.55 bits per heavy atom. The van der Waals surface area contributed by atoms with Crippen molar-refractivity contribution in [2.45, 2.75) is 4.90 Å². The zero-order valence-electron chi connectivity index (χ0n) is 16.5. The van der Waals surface area contributed by atoms with Gasteiger partial charge in [-0.2, -0.15) is 4.98 Å². The number of hydrogen-bond donors (Lipinski definition) is 1. The van der Waals surface area contributed by atoms with Gasteiger partial charge in [0.1, 0.15) is 10.6 Å². The van der Waals surface area contributed by atoms with Crippen LogP contribution in [0.15, 0.2) is 90.0 Å². The Bertz CT molecular complexity index is 1270. The highest BCUT2D eigenvalue weighted by atomic mass is 32.2. The van der Waals surface area contributed by atoms with E-state index < -0.39 is 10.0 Å². The molecule has 0 atom stereocenters. The number of ether oxygens (including phenoxy) is 2. The predicted octanol–water partition coefficient (Wildman–Crippen LogP) is 4.14. The second kappa shape index (κ2) is 8.80. The van der Waals surface area contributed by atoms with Crippen LogP contribution < -0.4 is 14.2 Å². The standard InChI is InChI=1S/C22H18N4O4S/c1-29-20-13-12-18(15-23-20)31(27,28)26-22-24-19(16-8-4-2-5-9-16)14-21(25-22)30-17-10-6-3-7-11-17/h2-15H,1H3,(H,24,25,26). The van der Waals surface area contributed by atoms with Crippen molar-refractivity contribution >= 4 is 16.0 Å². The Kier molecular flexibility index (Phi) is 5.76. The first-order valence-corrected chi connectivity index (χ1v) is 10.7. The van der Waals surface area contributed by atoms with Crippen LogP contribution >= 0.6 is 0 Å². The third-order valence-corrected chi connectivity index (χ3v) is 5.51. The molecule has 0 bridgehead atoms. The molecule has 2 heterocycles. The maximum atomic E-state index is 12.8. The monoisotopic (exact) mass is 434 g/mol. The average Bonchev–Trinajstić information content (AvgIpc) is 2.80. The zero-order chi connectivity index (χ0) is 21.7. The Morgan fingerprint density at radius 1 is 0.839 bits per heavy atom. The van der Waals surface area contributed by atoms with Crippen molar-refractivity contribution in [1.29, 1.82) is 0 Å². The predicted molar refractivity (Wildman–Crippen MR) is 116 cm³/mol. The van der Waals surface area contributed by atoms with Gasteiger partial charge < -0.3 is 9.47 Å². The molecule has 156 valence electrons. The summed E-state index contributed by atoms with van der Waals surface area (Å²) in [5.74, 6) is 0.946. The molecule has 4 rings (SSSR count). The Balaban J connectivity index is 1.70. The van der Waals surface area contributed by atoms with E-state index in [1.807, 2.05) is 48.5 Å². The number of anilines is 1. The number of nitrogens with one attached hydrogen (secondary N) is 1. The number of benzene rings is 2. The number of nitrogens with zero attached hydrogens (tertiary/aromatic N) is 3. The summed E-state index contributed by atoms with van der Waals surface area (Å²) >= 11 is 0. The smallest absolute Gasteiger partial charge is 0.265 e. The van der Waals surface area contributed by atoms with Crippen molar-refractivity contribution in [3.05, 3.63) is 85.1 Å². The first kappa shape index (κ1) is 20.3. The van der Waals surface area contributed by atoms with Crippen LogP contribution in [0.1, 0.15) is 0 Å². The normalized spacial score (nSPS) is 11.0. The van der Waals surface area contributed by atoms with Gasteiger partial charge in [0.25, 0.3) is 10.0 Å². The summed E-state index contributed by atoms with van der Waals surface area (Å²) < 4.78 is 38.8. The SMILES string of the molecule is COc1ccc(S(=O)(=O)Nc2nc(Oc3ccccc3)cc(-c3ccccc3)n2)cn1. The molecule has 1 N–H and O–H groups in total. The van der Waals surface area contributed by atoms with Crippen LogP contribution in [0.5, 0.6) is 17.5 Å². The lowest BCUT2D eigenvalue weighted by Gasteiger charge is -2.11. The van der Waals surface area contributed by atoms with Gasteiger partial charge >= 0.3 is 0 Å². The molecule has 0 aliphatic heterocycles. The number of rotatable bonds is 7. The highest BCUT2D eigenvalue weighted by Gasteiger charge is 2.18. The fourth-order valence-electron chi connectivity index (χ4n) is 2.71. The lowest BCUT2D eigenvalue weighted by Crippen LogP contribution is -2.15. The second-order valence-electron chi connectivity index (χ2n) is 6.34. The van der Waals surface area contributed by atoms with E-state index in [1.54, 1.807) is 18.2 Å². The Morgan fingerprint density at radius 3 is 2.19 bits per heavy atom. The Labute approximate surface area is 179 Å². The van der Waals surface area contributed by atoms with Gasteiger partial charge in [-0.05, 0) is 18.2 Å². The minimum atomic E-state index is -3.98. The topological polar surface area (TPSA) is 103 Å². The summed E-state index contributed by atoms with van der Waals surface area (Å²) in [6.45, 7) is 0. The van der Waals surface area contributed by atoms with Crippen molar-refractivity contribution in [2.75, 3.05) is 11.8 Å². The first-order valence-electron chi connectivity index (χ1n) is 9.24. The molecule has 4 aromatic rings. The van der Waals surface area contributed by atoms with E-state index in [-0.39, 0.29) is 16.7 Å². The molecule has 0 unspecified atom stereocenters. The van der Waals surface area contributed by atoms with Crippen LogP contribution in [0.25, 0.3) is 11.3 Å². The highest BCUT2D eigenvalue weighted by molar-refractivity contribution is 7.92. The van der Waals surface area contributed by atoms with Gasteiger partial charge in [-0.25, -0.2) is 23.1 Å². The molecule has 0 aliphatic rings. The fraction of sp³-hybridized carbons (Fsp3) is 0.0455. The largest absolute Gasteiger partial charge is 0.481 e. The van der Waals surface area contributed by atoms with Crippen LogP contribution in [0.4, 0.5) is 5.95 Å². The number of para-hydroxylation sites is 1. The lowest BCUT2D eigenvalue weighted by atomic mass is 10.1. The molecule has 0 radical (unpaired) electrons. The molecule has 0 saturated heterocycles. The molecule has 31 heavy (non-hydrogen) atoms. The van der Waals surface area contributed by atoms with Crippen molar-refractivity contribution in [3.63, 3.8) is 0 Å². The van der Waals surface area contributed by atoms with Crippen LogP contribution in [0, 0.1) is 0 Å². The van der Waals surface area contributed by atoms with E-state index in [0.29, 0.717) is 17.3 Å². The van der Waals surface area contributed by atoms with Gasteiger partial charge in [-0.15, -0.1) is 0 Å². The lowest BCUT2D eigenvalue weighted by molar-refractivity contribution is 0.397. The molecule has 8 nitrogen and oxygen atoms in total. The van der Waals surface area contributed by atoms with E-state index >= 15 is 0 Å². The summed E-state index contributed by atoms with van der Waals surface area (Å²) in [6, 6.07) is 22.9. The molecule has 0 aliphatic carbocycles. The molecule has 0 amide bonds. The maximum absolute atomic E-state index is 12.8. The minimum Gasteiger partial charge on any atom is -0.481 e. The maximum Gasteiger partial charge on any atom is 0.265 e. The molecule has 2 aromatic heterocycles. The highest BCUT2D eigenvalue weighted by Crippen LogP contribution is 2.27. The molecule has 0 saturated carbocycles. The molecular weight excluding hydrogens is 416 g/mol. The molecule has 0 fully saturated rings. The summed E-state index contributed by atoms with van der Waals surface area (Å²) in [7, 11) is -2.53. The number of pyridine rings is 1.